The van der Waals surface area contributed by atoms with Crippen molar-refractivity contribution in [3.63, 3.8) is 0 Å². The number of allylic oxidation sites excluding steroid dienone is 1. The summed E-state index contributed by atoms with van der Waals surface area (Å²) in [6.07, 6.45) is 7.04. The van der Waals surface area contributed by atoms with Crippen LogP contribution in [0, 0.1) is 11.8 Å². The van der Waals surface area contributed by atoms with Crippen molar-refractivity contribution in [2.24, 2.45) is 11.8 Å². The van der Waals surface area contributed by atoms with Gasteiger partial charge in [0.15, 0.2) is 0 Å². The number of carbonyl (C=O) groups is 1. The number of esters is 1. The van der Waals surface area contributed by atoms with E-state index in [2.05, 4.69) is 6.08 Å². The molecule has 0 amide bonds. The van der Waals surface area contributed by atoms with Crippen LogP contribution in [0.1, 0.15) is 25.7 Å². The molecule has 2 bridgehead atoms. The molecule has 0 N–H and O–H groups in total. The third-order valence-corrected chi connectivity index (χ3v) is 3.05. The van der Waals surface area contributed by atoms with Crippen molar-refractivity contribution in [1.82, 2.24) is 0 Å². The lowest BCUT2D eigenvalue weighted by molar-refractivity contribution is -0.137. The molecule has 0 saturated heterocycles. The Labute approximate surface area is 72.6 Å². The van der Waals surface area contributed by atoms with Crippen LogP contribution in [0.4, 0.5) is 0 Å². The lowest BCUT2D eigenvalue weighted by Gasteiger charge is -2.33. The van der Waals surface area contributed by atoms with E-state index in [1.54, 1.807) is 0 Å². The van der Waals surface area contributed by atoms with E-state index in [1.165, 1.54) is 32.8 Å². The maximum atomic E-state index is 11.3. The van der Waals surface area contributed by atoms with Gasteiger partial charge < -0.3 is 4.74 Å². The normalized spacial score (nSPS) is 32.9. The molecule has 3 aliphatic rings. The number of fused-ring (bicyclic) bond motifs is 2. The smallest absolute Gasteiger partial charge is 0.333 e. The summed E-state index contributed by atoms with van der Waals surface area (Å²) >= 11 is 0. The van der Waals surface area contributed by atoms with Crippen molar-refractivity contribution in [1.29, 1.82) is 0 Å². The summed E-state index contributed by atoms with van der Waals surface area (Å²) in [5.41, 5.74) is 0.944. The fourth-order valence-electron chi connectivity index (χ4n) is 2.34. The van der Waals surface area contributed by atoms with Crippen LogP contribution in [0.25, 0.3) is 0 Å². The van der Waals surface area contributed by atoms with Crippen LogP contribution in [-0.2, 0) is 9.53 Å². The molecule has 0 spiro atoms. The Hall–Kier alpha value is -0.790. The molecule has 3 rings (SSSR count). The Bertz CT molecular complexity index is 222. The fourth-order valence-corrected chi connectivity index (χ4v) is 2.34. The largest absolute Gasteiger partial charge is 0.466 e. The molecular weight excluding hydrogens is 152 g/mol. The van der Waals surface area contributed by atoms with Gasteiger partial charge in [-0.05, 0) is 37.5 Å². The van der Waals surface area contributed by atoms with E-state index in [0.717, 1.165) is 5.57 Å². The topological polar surface area (TPSA) is 26.3 Å². The predicted molar refractivity (Wildman–Crippen MR) is 45.5 cm³/mol. The average Bonchev–Trinajstić information content (AvgIpc) is 2.18. The Morgan fingerprint density at radius 3 is 2.50 bits per heavy atom. The van der Waals surface area contributed by atoms with Gasteiger partial charge in [0.25, 0.3) is 0 Å². The monoisotopic (exact) mass is 166 g/mol. The Morgan fingerprint density at radius 2 is 2.08 bits per heavy atom. The quantitative estimate of drug-likeness (QED) is 0.556. The van der Waals surface area contributed by atoms with Gasteiger partial charge >= 0.3 is 5.97 Å². The van der Waals surface area contributed by atoms with E-state index < -0.39 is 0 Å². The van der Waals surface area contributed by atoms with Gasteiger partial charge in [-0.2, -0.15) is 0 Å². The fraction of sp³-hybridized carbons (Fsp3) is 0.700. The van der Waals surface area contributed by atoms with Crippen molar-refractivity contribution in [2.45, 2.75) is 25.7 Å². The van der Waals surface area contributed by atoms with E-state index in [-0.39, 0.29) is 5.97 Å². The highest BCUT2D eigenvalue weighted by molar-refractivity contribution is 5.89. The zero-order valence-corrected chi connectivity index (χ0v) is 7.38. The molecule has 3 aliphatic carbocycles. The van der Waals surface area contributed by atoms with Gasteiger partial charge in [0.2, 0.25) is 0 Å². The van der Waals surface area contributed by atoms with Crippen LogP contribution in [0.15, 0.2) is 11.6 Å². The Balaban J connectivity index is 2.20. The molecule has 0 aromatic heterocycles. The lowest BCUT2D eigenvalue weighted by Crippen LogP contribution is -2.26. The van der Waals surface area contributed by atoms with Gasteiger partial charge in [-0.3, -0.25) is 0 Å². The minimum Gasteiger partial charge on any atom is -0.466 e. The minimum absolute atomic E-state index is 0.107. The van der Waals surface area contributed by atoms with Crippen LogP contribution in [0.3, 0.4) is 0 Å². The summed E-state index contributed by atoms with van der Waals surface area (Å²) in [6, 6.07) is 0. The van der Waals surface area contributed by atoms with Crippen molar-refractivity contribution in [3.05, 3.63) is 11.6 Å². The molecule has 0 radical (unpaired) electrons. The molecule has 0 aliphatic heterocycles. The first-order valence-electron chi connectivity index (χ1n) is 4.61. The number of ether oxygens (including phenoxy) is 1. The maximum absolute atomic E-state index is 11.3. The Kier molecular flexibility index (Phi) is 1.91. The lowest BCUT2D eigenvalue weighted by atomic mass is 9.71. The van der Waals surface area contributed by atoms with Crippen LogP contribution in [0.2, 0.25) is 0 Å². The zero-order valence-electron chi connectivity index (χ0n) is 7.38. The van der Waals surface area contributed by atoms with Crippen LogP contribution < -0.4 is 0 Å². The summed E-state index contributed by atoms with van der Waals surface area (Å²) in [5.74, 6) is 1.05. The van der Waals surface area contributed by atoms with Crippen LogP contribution in [-0.4, -0.2) is 13.1 Å². The average molecular weight is 166 g/mol. The first-order chi connectivity index (χ1) is 5.81. The second-order valence-electron chi connectivity index (χ2n) is 3.73. The molecule has 0 aromatic carbocycles. The van der Waals surface area contributed by atoms with E-state index in [1.807, 2.05) is 0 Å². The highest BCUT2D eigenvalue weighted by Gasteiger charge is 2.32. The summed E-state index contributed by atoms with van der Waals surface area (Å²) in [7, 11) is 1.46. The molecular formula is C10H14O2. The number of hydrogen-bond acceptors (Lipinski definition) is 2. The van der Waals surface area contributed by atoms with Crippen LogP contribution in [0.5, 0.6) is 0 Å². The van der Waals surface area contributed by atoms with Crippen molar-refractivity contribution in [3.8, 4) is 0 Å². The minimum atomic E-state index is -0.107. The Morgan fingerprint density at radius 1 is 1.42 bits per heavy atom. The van der Waals surface area contributed by atoms with Gasteiger partial charge in [-0.15, -0.1) is 0 Å². The number of carbonyl (C=O) groups excluding carboxylic acids is 1. The summed E-state index contributed by atoms with van der Waals surface area (Å²) < 4.78 is 4.74. The van der Waals surface area contributed by atoms with E-state index in [9.17, 15) is 4.79 Å². The van der Waals surface area contributed by atoms with Crippen molar-refractivity contribution in [2.75, 3.05) is 7.11 Å². The second-order valence-corrected chi connectivity index (χ2v) is 3.73. The predicted octanol–water partition coefficient (Wildman–Crippen LogP) is 1.91. The van der Waals surface area contributed by atoms with Gasteiger partial charge in [-0.1, -0.05) is 6.08 Å². The summed E-state index contributed by atoms with van der Waals surface area (Å²) in [5, 5.41) is 0. The van der Waals surface area contributed by atoms with E-state index >= 15 is 0 Å². The molecule has 12 heavy (non-hydrogen) atoms. The zero-order chi connectivity index (χ0) is 8.55. The molecule has 2 nitrogen and oxygen atoms in total. The highest BCUT2D eigenvalue weighted by Crippen LogP contribution is 2.40. The third-order valence-electron chi connectivity index (χ3n) is 3.05. The first kappa shape index (κ1) is 7.84. The van der Waals surface area contributed by atoms with Crippen molar-refractivity contribution < 1.29 is 9.53 Å². The molecule has 1 saturated carbocycles. The molecule has 0 heterocycles. The standard InChI is InChI=1S/C10H14O2/c1-12-10(11)9-6-7-2-4-8(9)5-3-7/h6-8H,2-5H2,1H3. The second kappa shape index (κ2) is 2.92. The van der Waals surface area contributed by atoms with Gasteiger partial charge in [-0.25, -0.2) is 4.79 Å². The summed E-state index contributed by atoms with van der Waals surface area (Å²) in [6.45, 7) is 0. The third kappa shape index (κ3) is 1.15. The number of methoxy groups -OCH3 is 1. The van der Waals surface area contributed by atoms with E-state index in [0.29, 0.717) is 11.8 Å². The SMILES string of the molecule is COC(=O)C1=CC2CCC1CC2. The van der Waals surface area contributed by atoms with Crippen molar-refractivity contribution >= 4 is 5.97 Å². The number of hydrogen-bond donors (Lipinski definition) is 0. The highest BCUT2D eigenvalue weighted by atomic mass is 16.5. The first-order valence-corrected chi connectivity index (χ1v) is 4.61. The van der Waals surface area contributed by atoms with Gasteiger partial charge in [0.05, 0.1) is 7.11 Å². The molecule has 2 heteroatoms. The summed E-state index contributed by atoms with van der Waals surface area (Å²) in [4.78, 5) is 11.3. The molecule has 0 atom stereocenters. The van der Waals surface area contributed by atoms with E-state index in [4.69, 9.17) is 4.74 Å². The van der Waals surface area contributed by atoms with Gasteiger partial charge in [0, 0.05) is 5.57 Å². The molecule has 0 unspecified atom stereocenters. The molecule has 1 fully saturated rings. The number of rotatable bonds is 1. The maximum Gasteiger partial charge on any atom is 0.333 e. The molecule has 66 valence electrons. The molecule has 0 aromatic rings. The van der Waals surface area contributed by atoms with Crippen LogP contribution >= 0.6 is 0 Å². The van der Waals surface area contributed by atoms with Gasteiger partial charge in [0.1, 0.15) is 0 Å².